The van der Waals surface area contributed by atoms with Crippen LogP contribution in [0, 0.1) is 5.82 Å². The average molecular weight is 228 g/mol. The van der Waals surface area contributed by atoms with Crippen LogP contribution in [0.4, 0.5) is 4.39 Å². The fourth-order valence-corrected chi connectivity index (χ4v) is 2.29. The van der Waals surface area contributed by atoms with E-state index < -0.39 is 15.7 Å². The molecule has 0 atom stereocenters. The summed E-state index contributed by atoms with van der Waals surface area (Å²) in [5, 5.41) is 0. The molecular formula is C9H9FN2O2S. The Morgan fingerprint density at radius 2 is 2.20 bits per heavy atom. The fraction of sp³-hybridized carbons (Fsp3) is 0.222. The number of imidazole rings is 1. The lowest BCUT2D eigenvalue weighted by Crippen LogP contribution is -2.06. The zero-order valence-corrected chi connectivity index (χ0v) is 8.81. The monoisotopic (exact) mass is 228 g/mol. The molecule has 0 unspecified atom stereocenters. The van der Waals surface area contributed by atoms with E-state index >= 15 is 0 Å². The molecule has 1 aromatic carbocycles. The van der Waals surface area contributed by atoms with Crippen LogP contribution in [0.3, 0.4) is 0 Å². The maximum absolute atomic E-state index is 13.5. The van der Waals surface area contributed by atoms with Crippen LogP contribution in [0.15, 0.2) is 23.4 Å². The molecule has 1 N–H and O–H groups in total. The minimum absolute atomic E-state index is 0.125. The summed E-state index contributed by atoms with van der Waals surface area (Å²) in [5.41, 5.74) is 0.936. The van der Waals surface area contributed by atoms with Crippen molar-refractivity contribution in [3.05, 3.63) is 24.3 Å². The second-order valence-electron chi connectivity index (χ2n) is 3.11. The fourth-order valence-electron chi connectivity index (χ4n) is 1.33. The summed E-state index contributed by atoms with van der Waals surface area (Å²) < 4.78 is 36.5. The standard InChI is InChI=1S/C9H9FN2O2S/c1-2-15(13,14)9-4-8-7(3-6(9)10)11-5-12-8/h3-5H,2H2,1H3,(H,11,12). The number of sulfone groups is 1. The zero-order chi connectivity index (χ0) is 11.1. The number of nitrogens with zero attached hydrogens (tertiary/aromatic N) is 1. The summed E-state index contributed by atoms with van der Waals surface area (Å²) in [5.74, 6) is -0.867. The highest BCUT2D eigenvalue weighted by Gasteiger charge is 2.18. The number of nitrogens with one attached hydrogen (secondary N) is 1. The van der Waals surface area contributed by atoms with Gasteiger partial charge in [0.05, 0.1) is 23.1 Å². The third-order valence-electron chi connectivity index (χ3n) is 2.19. The van der Waals surface area contributed by atoms with Crippen molar-refractivity contribution < 1.29 is 12.8 Å². The molecule has 0 saturated carbocycles. The summed E-state index contributed by atoms with van der Waals surface area (Å²) in [4.78, 5) is 6.31. The lowest BCUT2D eigenvalue weighted by atomic mass is 10.3. The number of aromatic amines is 1. The van der Waals surface area contributed by atoms with E-state index in [1.54, 1.807) is 0 Å². The summed E-state index contributed by atoms with van der Waals surface area (Å²) in [6.07, 6.45) is 1.40. The number of halogens is 1. The van der Waals surface area contributed by atoms with Gasteiger partial charge in [-0.3, -0.25) is 0 Å². The van der Waals surface area contributed by atoms with Crippen molar-refractivity contribution in [1.82, 2.24) is 9.97 Å². The molecule has 0 aliphatic heterocycles. The Balaban J connectivity index is 2.76. The van der Waals surface area contributed by atoms with Gasteiger partial charge in [0.15, 0.2) is 9.84 Å². The molecule has 2 rings (SSSR count). The maximum Gasteiger partial charge on any atom is 0.181 e. The normalized spacial score (nSPS) is 12.1. The van der Waals surface area contributed by atoms with E-state index in [4.69, 9.17) is 0 Å². The first-order valence-electron chi connectivity index (χ1n) is 4.40. The van der Waals surface area contributed by atoms with Crippen LogP contribution in [0.25, 0.3) is 11.0 Å². The second kappa shape index (κ2) is 3.30. The van der Waals surface area contributed by atoms with Gasteiger partial charge in [-0.25, -0.2) is 17.8 Å². The first-order valence-corrected chi connectivity index (χ1v) is 6.05. The van der Waals surface area contributed by atoms with Gasteiger partial charge in [0.1, 0.15) is 10.7 Å². The Morgan fingerprint density at radius 3 is 2.87 bits per heavy atom. The van der Waals surface area contributed by atoms with Crippen molar-refractivity contribution in [3.63, 3.8) is 0 Å². The SMILES string of the molecule is CCS(=O)(=O)c1cc2nc[nH]c2cc1F. The van der Waals surface area contributed by atoms with Crippen molar-refractivity contribution in [1.29, 1.82) is 0 Å². The molecule has 1 aromatic heterocycles. The lowest BCUT2D eigenvalue weighted by molar-refractivity contribution is 0.569. The van der Waals surface area contributed by atoms with Gasteiger partial charge in [-0.1, -0.05) is 6.92 Å². The first kappa shape index (κ1) is 10.1. The summed E-state index contributed by atoms with van der Waals surface area (Å²) >= 11 is 0. The van der Waals surface area contributed by atoms with Crippen LogP contribution in [0.1, 0.15) is 6.92 Å². The van der Waals surface area contributed by atoms with Gasteiger partial charge < -0.3 is 4.98 Å². The minimum Gasteiger partial charge on any atom is -0.345 e. The third-order valence-corrected chi connectivity index (χ3v) is 3.93. The Bertz CT molecular complexity index is 604. The predicted octanol–water partition coefficient (Wildman–Crippen LogP) is 1.50. The van der Waals surface area contributed by atoms with E-state index in [1.165, 1.54) is 19.3 Å². The van der Waals surface area contributed by atoms with Crippen LogP contribution >= 0.6 is 0 Å². The van der Waals surface area contributed by atoms with Crippen molar-refractivity contribution in [2.45, 2.75) is 11.8 Å². The van der Waals surface area contributed by atoms with E-state index in [-0.39, 0.29) is 10.6 Å². The van der Waals surface area contributed by atoms with E-state index in [2.05, 4.69) is 9.97 Å². The third kappa shape index (κ3) is 1.61. The van der Waals surface area contributed by atoms with Crippen LogP contribution in [0.2, 0.25) is 0 Å². The van der Waals surface area contributed by atoms with Gasteiger partial charge in [0.2, 0.25) is 0 Å². The van der Waals surface area contributed by atoms with Gasteiger partial charge in [0, 0.05) is 6.07 Å². The molecule has 0 bridgehead atoms. The summed E-state index contributed by atoms with van der Waals surface area (Å²) in [6.45, 7) is 1.48. The molecule has 1 heterocycles. The molecule has 0 aliphatic rings. The highest BCUT2D eigenvalue weighted by Crippen LogP contribution is 2.21. The van der Waals surface area contributed by atoms with E-state index in [1.807, 2.05) is 0 Å². The summed E-state index contributed by atoms with van der Waals surface area (Å²) in [7, 11) is -3.53. The molecule has 0 radical (unpaired) electrons. The molecule has 0 fully saturated rings. The smallest absolute Gasteiger partial charge is 0.181 e. The molecule has 4 nitrogen and oxygen atoms in total. The van der Waals surface area contributed by atoms with Crippen molar-refractivity contribution >= 4 is 20.9 Å². The number of aromatic nitrogens is 2. The van der Waals surface area contributed by atoms with E-state index in [9.17, 15) is 12.8 Å². The van der Waals surface area contributed by atoms with Gasteiger partial charge in [-0.05, 0) is 6.07 Å². The Kier molecular flexibility index (Phi) is 2.22. The number of rotatable bonds is 2. The highest BCUT2D eigenvalue weighted by molar-refractivity contribution is 7.91. The predicted molar refractivity (Wildman–Crippen MR) is 53.8 cm³/mol. The number of fused-ring (bicyclic) bond motifs is 1. The minimum atomic E-state index is -3.53. The molecule has 15 heavy (non-hydrogen) atoms. The van der Waals surface area contributed by atoms with Gasteiger partial charge >= 0.3 is 0 Å². The van der Waals surface area contributed by atoms with Crippen molar-refractivity contribution in [3.8, 4) is 0 Å². The Hall–Kier alpha value is -1.43. The molecule has 0 amide bonds. The highest BCUT2D eigenvalue weighted by atomic mass is 32.2. The van der Waals surface area contributed by atoms with Gasteiger partial charge in [-0.2, -0.15) is 0 Å². The number of hydrogen-bond donors (Lipinski definition) is 1. The molecular weight excluding hydrogens is 219 g/mol. The number of hydrogen-bond acceptors (Lipinski definition) is 3. The molecule has 0 spiro atoms. The summed E-state index contributed by atoms with van der Waals surface area (Å²) in [6, 6.07) is 2.39. The molecule has 0 saturated heterocycles. The van der Waals surface area contributed by atoms with Crippen LogP contribution in [-0.2, 0) is 9.84 Å². The van der Waals surface area contributed by atoms with Gasteiger partial charge in [0.25, 0.3) is 0 Å². The van der Waals surface area contributed by atoms with Crippen LogP contribution in [0.5, 0.6) is 0 Å². The van der Waals surface area contributed by atoms with Crippen molar-refractivity contribution in [2.24, 2.45) is 0 Å². The average Bonchev–Trinajstić information content (AvgIpc) is 2.63. The van der Waals surface area contributed by atoms with Crippen LogP contribution < -0.4 is 0 Å². The van der Waals surface area contributed by atoms with Gasteiger partial charge in [-0.15, -0.1) is 0 Å². The molecule has 80 valence electrons. The maximum atomic E-state index is 13.5. The first-order chi connectivity index (χ1) is 7.04. The largest absolute Gasteiger partial charge is 0.345 e. The number of benzene rings is 1. The number of H-pyrrole nitrogens is 1. The molecule has 2 aromatic rings. The van der Waals surface area contributed by atoms with Crippen LogP contribution in [-0.4, -0.2) is 24.1 Å². The zero-order valence-electron chi connectivity index (χ0n) is 7.99. The quantitative estimate of drug-likeness (QED) is 0.847. The Morgan fingerprint density at radius 1 is 1.47 bits per heavy atom. The van der Waals surface area contributed by atoms with E-state index in [0.29, 0.717) is 11.0 Å². The van der Waals surface area contributed by atoms with Crippen molar-refractivity contribution in [2.75, 3.05) is 5.75 Å². The molecule has 6 heteroatoms. The van der Waals surface area contributed by atoms with E-state index in [0.717, 1.165) is 6.07 Å². The molecule has 0 aliphatic carbocycles. The second-order valence-corrected chi connectivity index (χ2v) is 5.35. The lowest BCUT2D eigenvalue weighted by Gasteiger charge is -2.02. The Labute approximate surface area is 86.1 Å². The topological polar surface area (TPSA) is 62.8 Å².